The Morgan fingerprint density at radius 2 is 1.92 bits per heavy atom. The van der Waals surface area contributed by atoms with Gasteiger partial charge in [-0.25, -0.2) is 4.79 Å². The number of hydrogen-bond donors (Lipinski definition) is 2. The van der Waals surface area contributed by atoms with Gasteiger partial charge in [0.2, 0.25) is 0 Å². The van der Waals surface area contributed by atoms with Crippen LogP contribution in [0.5, 0.6) is 0 Å². The first-order valence-corrected chi connectivity index (χ1v) is 8.29. The molecule has 5 heteroatoms. The second kappa shape index (κ2) is 8.33. The zero-order valence-electron chi connectivity index (χ0n) is 14.8. The van der Waals surface area contributed by atoms with E-state index in [1.807, 2.05) is 57.2 Å². The summed E-state index contributed by atoms with van der Waals surface area (Å²) in [6, 6.07) is 10.9. The predicted octanol–water partition coefficient (Wildman–Crippen LogP) is 3.30. The number of aliphatic carboxylic acids is 1. The van der Waals surface area contributed by atoms with E-state index in [4.69, 9.17) is 0 Å². The van der Waals surface area contributed by atoms with Crippen molar-refractivity contribution in [3.63, 3.8) is 0 Å². The van der Waals surface area contributed by atoms with Crippen LogP contribution in [0.15, 0.2) is 48.6 Å². The van der Waals surface area contributed by atoms with Crippen molar-refractivity contribution < 1.29 is 14.7 Å². The highest BCUT2D eigenvalue weighted by Gasteiger charge is 2.22. The number of carboxylic acids is 1. The molecule has 0 aliphatic rings. The number of allylic oxidation sites excluding steroid dienone is 1. The maximum absolute atomic E-state index is 12.5. The maximum Gasteiger partial charge on any atom is 0.326 e. The SMILES string of the molecule is C/C=C/CC(NC(=O)c1cc(C)n(Cc2ccccc2)c1C)C(=O)O. The van der Waals surface area contributed by atoms with Gasteiger partial charge in [-0.3, -0.25) is 4.79 Å². The average molecular weight is 340 g/mol. The van der Waals surface area contributed by atoms with E-state index in [1.54, 1.807) is 12.2 Å². The largest absolute Gasteiger partial charge is 0.480 e. The number of carboxylic acid groups (broad SMARTS) is 1. The van der Waals surface area contributed by atoms with E-state index in [-0.39, 0.29) is 12.3 Å². The van der Waals surface area contributed by atoms with Crippen LogP contribution in [0, 0.1) is 13.8 Å². The van der Waals surface area contributed by atoms with Crippen LogP contribution in [0.3, 0.4) is 0 Å². The van der Waals surface area contributed by atoms with E-state index in [0.717, 1.165) is 17.0 Å². The first-order valence-electron chi connectivity index (χ1n) is 8.29. The van der Waals surface area contributed by atoms with Crippen molar-refractivity contribution in [3.8, 4) is 0 Å². The Labute approximate surface area is 148 Å². The second-order valence-corrected chi connectivity index (χ2v) is 6.03. The van der Waals surface area contributed by atoms with Crippen LogP contribution in [-0.4, -0.2) is 27.6 Å². The minimum atomic E-state index is -1.04. The molecule has 1 amide bonds. The fourth-order valence-electron chi connectivity index (χ4n) is 2.77. The van der Waals surface area contributed by atoms with Gasteiger partial charge in [0.25, 0.3) is 5.91 Å². The molecule has 0 radical (unpaired) electrons. The lowest BCUT2D eigenvalue weighted by Crippen LogP contribution is -2.40. The summed E-state index contributed by atoms with van der Waals surface area (Å²) in [5, 5.41) is 11.9. The van der Waals surface area contributed by atoms with Crippen LogP contribution >= 0.6 is 0 Å². The Morgan fingerprint density at radius 3 is 2.52 bits per heavy atom. The molecule has 1 aromatic carbocycles. The summed E-state index contributed by atoms with van der Waals surface area (Å²) < 4.78 is 2.06. The topological polar surface area (TPSA) is 71.3 Å². The zero-order chi connectivity index (χ0) is 18.4. The summed E-state index contributed by atoms with van der Waals surface area (Å²) in [6.45, 7) is 6.32. The summed E-state index contributed by atoms with van der Waals surface area (Å²) in [4.78, 5) is 23.9. The van der Waals surface area contributed by atoms with Crippen LogP contribution in [0.4, 0.5) is 0 Å². The Hall–Kier alpha value is -2.82. The lowest BCUT2D eigenvalue weighted by molar-refractivity contribution is -0.139. The highest BCUT2D eigenvalue weighted by Crippen LogP contribution is 2.17. The van der Waals surface area contributed by atoms with Crippen LogP contribution < -0.4 is 5.32 Å². The molecule has 25 heavy (non-hydrogen) atoms. The number of aromatic nitrogens is 1. The second-order valence-electron chi connectivity index (χ2n) is 6.03. The number of nitrogens with zero attached hydrogens (tertiary/aromatic N) is 1. The smallest absolute Gasteiger partial charge is 0.326 e. The fourth-order valence-corrected chi connectivity index (χ4v) is 2.77. The van der Waals surface area contributed by atoms with E-state index in [1.165, 1.54) is 0 Å². The van der Waals surface area contributed by atoms with Gasteiger partial charge in [-0.2, -0.15) is 0 Å². The number of carbonyl (C=O) groups excluding carboxylic acids is 1. The van der Waals surface area contributed by atoms with Gasteiger partial charge in [0.15, 0.2) is 0 Å². The summed E-state index contributed by atoms with van der Waals surface area (Å²) in [7, 11) is 0. The summed E-state index contributed by atoms with van der Waals surface area (Å²) in [5.74, 6) is -1.39. The standard InChI is InChI=1S/C20H24N2O3/c1-4-5-11-18(20(24)25)21-19(23)17-12-14(2)22(15(17)3)13-16-9-7-6-8-10-16/h4-10,12,18H,11,13H2,1-3H3,(H,21,23)(H,24,25)/b5-4+. The normalized spacial score (nSPS) is 12.3. The van der Waals surface area contributed by atoms with Crippen molar-refractivity contribution in [2.24, 2.45) is 0 Å². The third kappa shape index (κ3) is 4.59. The first-order chi connectivity index (χ1) is 11.9. The minimum Gasteiger partial charge on any atom is -0.480 e. The van der Waals surface area contributed by atoms with Gasteiger partial charge in [0.1, 0.15) is 6.04 Å². The summed E-state index contributed by atoms with van der Waals surface area (Å²) in [6.07, 6.45) is 3.77. The van der Waals surface area contributed by atoms with E-state index in [0.29, 0.717) is 12.1 Å². The van der Waals surface area contributed by atoms with Gasteiger partial charge in [0, 0.05) is 17.9 Å². The molecule has 1 heterocycles. The molecule has 2 N–H and O–H groups in total. The van der Waals surface area contributed by atoms with E-state index < -0.39 is 12.0 Å². The highest BCUT2D eigenvalue weighted by molar-refractivity contribution is 5.97. The van der Waals surface area contributed by atoms with Crippen molar-refractivity contribution >= 4 is 11.9 Å². The third-order valence-corrected chi connectivity index (χ3v) is 4.21. The molecule has 1 unspecified atom stereocenters. The fraction of sp³-hybridized carbons (Fsp3) is 0.300. The van der Waals surface area contributed by atoms with Crippen molar-refractivity contribution in [2.75, 3.05) is 0 Å². The van der Waals surface area contributed by atoms with E-state index in [9.17, 15) is 14.7 Å². The summed E-state index contributed by atoms with van der Waals surface area (Å²) in [5.41, 5.74) is 3.45. The Kier molecular flexibility index (Phi) is 6.17. The molecule has 1 aromatic heterocycles. The summed E-state index contributed by atoms with van der Waals surface area (Å²) >= 11 is 0. The number of carbonyl (C=O) groups is 2. The van der Waals surface area contributed by atoms with Gasteiger partial charge in [-0.15, -0.1) is 0 Å². The molecule has 5 nitrogen and oxygen atoms in total. The Morgan fingerprint density at radius 1 is 1.24 bits per heavy atom. The van der Waals surface area contributed by atoms with Crippen molar-refractivity contribution in [2.45, 2.75) is 39.8 Å². The third-order valence-electron chi connectivity index (χ3n) is 4.21. The molecule has 0 saturated heterocycles. The number of nitrogens with one attached hydrogen (secondary N) is 1. The van der Waals surface area contributed by atoms with Gasteiger partial charge in [0.05, 0.1) is 5.56 Å². The van der Waals surface area contributed by atoms with Crippen LogP contribution in [0.2, 0.25) is 0 Å². The molecule has 0 spiro atoms. The van der Waals surface area contributed by atoms with Gasteiger partial charge >= 0.3 is 5.97 Å². The predicted molar refractivity (Wildman–Crippen MR) is 97.8 cm³/mol. The molecular weight excluding hydrogens is 316 g/mol. The molecule has 1 atom stereocenters. The first kappa shape index (κ1) is 18.5. The molecule has 0 saturated carbocycles. The van der Waals surface area contributed by atoms with Crippen LogP contribution in [0.25, 0.3) is 0 Å². The highest BCUT2D eigenvalue weighted by atomic mass is 16.4. The molecule has 0 fully saturated rings. The van der Waals surface area contributed by atoms with Gasteiger partial charge in [-0.05, 0) is 38.8 Å². The maximum atomic E-state index is 12.5. The van der Waals surface area contributed by atoms with Gasteiger partial charge < -0.3 is 15.0 Å². The minimum absolute atomic E-state index is 0.264. The van der Waals surface area contributed by atoms with Crippen molar-refractivity contribution in [1.82, 2.24) is 9.88 Å². The number of rotatable bonds is 7. The van der Waals surface area contributed by atoms with Crippen LogP contribution in [0.1, 0.15) is 40.7 Å². The molecule has 2 rings (SSSR count). The monoisotopic (exact) mass is 340 g/mol. The number of aryl methyl sites for hydroxylation is 1. The molecule has 132 valence electrons. The van der Waals surface area contributed by atoms with Crippen molar-refractivity contribution in [1.29, 1.82) is 0 Å². The number of amides is 1. The molecule has 2 aromatic rings. The molecular formula is C20H24N2O3. The number of hydrogen-bond acceptors (Lipinski definition) is 2. The van der Waals surface area contributed by atoms with E-state index in [2.05, 4.69) is 9.88 Å². The van der Waals surface area contributed by atoms with Crippen molar-refractivity contribution in [3.05, 3.63) is 71.1 Å². The lowest BCUT2D eigenvalue weighted by Gasteiger charge is -2.13. The van der Waals surface area contributed by atoms with E-state index >= 15 is 0 Å². The molecule has 0 bridgehead atoms. The lowest BCUT2D eigenvalue weighted by atomic mass is 10.1. The quantitative estimate of drug-likeness (QED) is 0.760. The van der Waals surface area contributed by atoms with Crippen LogP contribution in [-0.2, 0) is 11.3 Å². The Bertz CT molecular complexity index is 776. The van der Waals surface area contributed by atoms with Gasteiger partial charge in [-0.1, -0.05) is 42.5 Å². The zero-order valence-corrected chi connectivity index (χ0v) is 14.8. The number of benzene rings is 1. The average Bonchev–Trinajstić information content (AvgIpc) is 2.87. The molecule has 0 aliphatic carbocycles. The Balaban J connectivity index is 2.20. The molecule has 0 aliphatic heterocycles.